The molecule has 5 heteroatoms. The van der Waals surface area contributed by atoms with Crippen molar-refractivity contribution in [2.45, 2.75) is 45.6 Å². The lowest BCUT2D eigenvalue weighted by Crippen LogP contribution is -2.36. The predicted octanol–water partition coefficient (Wildman–Crippen LogP) is 1.13. The van der Waals surface area contributed by atoms with E-state index in [1.165, 1.54) is 6.92 Å². The van der Waals surface area contributed by atoms with Crippen molar-refractivity contribution < 1.29 is 19.5 Å². The van der Waals surface area contributed by atoms with E-state index in [1.807, 2.05) is 6.92 Å². The average molecular weight is 217 g/mol. The Morgan fingerprint density at radius 2 is 2.13 bits per heavy atom. The number of carboxylic acids is 1. The van der Waals surface area contributed by atoms with Crippen LogP contribution >= 0.6 is 0 Å². The first kappa shape index (κ1) is 14.1. The molecule has 0 aromatic carbocycles. The molecule has 88 valence electrons. The Morgan fingerprint density at radius 1 is 1.47 bits per heavy atom. The number of hydrogen-bond acceptors (Lipinski definition) is 4. The molecule has 2 N–H and O–H groups in total. The molecule has 0 bridgehead atoms. The Balaban J connectivity index is 3.73. The van der Waals surface area contributed by atoms with Gasteiger partial charge in [0.05, 0.1) is 12.6 Å². The van der Waals surface area contributed by atoms with E-state index >= 15 is 0 Å². The van der Waals surface area contributed by atoms with Crippen molar-refractivity contribution in [3.05, 3.63) is 0 Å². The highest BCUT2D eigenvalue weighted by Crippen LogP contribution is 1.99. The summed E-state index contributed by atoms with van der Waals surface area (Å²) in [6.07, 6.45) is 2.16. The van der Waals surface area contributed by atoms with Gasteiger partial charge in [-0.2, -0.15) is 5.48 Å². The largest absolute Gasteiger partial charge is 0.481 e. The number of rotatable bonds is 9. The van der Waals surface area contributed by atoms with Crippen LogP contribution in [0.15, 0.2) is 0 Å². The standard InChI is InChI=1S/C10H19NO4/c1-3-4-7-15-11-9(8(2)12)5-6-10(13)14/h9,11H,3-7H2,1-2H3,(H,13,14)/t9-/m0/s1. The molecule has 0 spiro atoms. The summed E-state index contributed by atoms with van der Waals surface area (Å²) in [5.74, 6) is -1.01. The van der Waals surface area contributed by atoms with E-state index in [2.05, 4.69) is 5.48 Å². The first-order valence-corrected chi connectivity index (χ1v) is 5.17. The number of Topliss-reactive ketones (excluding diaryl/α,β-unsaturated/α-hetero) is 1. The van der Waals surface area contributed by atoms with Crippen molar-refractivity contribution in [1.29, 1.82) is 0 Å². The second-order valence-electron chi connectivity index (χ2n) is 3.42. The van der Waals surface area contributed by atoms with Gasteiger partial charge in [-0.1, -0.05) is 13.3 Å². The third-order valence-corrected chi connectivity index (χ3v) is 1.96. The summed E-state index contributed by atoms with van der Waals surface area (Å²) < 4.78 is 0. The van der Waals surface area contributed by atoms with Crippen molar-refractivity contribution in [2.24, 2.45) is 0 Å². The van der Waals surface area contributed by atoms with Gasteiger partial charge in [-0.05, 0) is 19.8 Å². The third-order valence-electron chi connectivity index (χ3n) is 1.96. The molecule has 0 saturated carbocycles. The summed E-state index contributed by atoms with van der Waals surface area (Å²) >= 11 is 0. The van der Waals surface area contributed by atoms with Crippen molar-refractivity contribution in [2.75, 3.05) is 6.61 Å². The summed E-state index contributed by atoms with van der Waals surface area (Å²) in [5, 5.41) is 8.47. The molecule has 5 nitrogen and oxygen atoms in total. The molecule has 0 heterocycles. The van der Waals surface area contributed by atoms with Gasteiger partial charge in [0.2, 0.25) is 0 Å². The lowest BCUT2D eigenvalue weighted by molar-refractivity contribution is -0.137. The number of ketones is 1. The number of aliphatic carboxylic acids is 1. The first-order chi connectivity index (χ1) is 7.07. The second kappa shape index (κ2) is 8.38. The Hall–Kier alpha value is -0.940. The van der Waals surface area contributed by atoms with E-state index in [1.54, 1.807) is 0 Å². The van der Waals surface area contributed by atoms with Gasteiger partial charge in [0.25, 0.3) is 0 Å². The molecule has 0 saturated heterocycles. The van der Waals surface area contributed by atoms with Gasteiger partial charge in [0.15, 0.2) is 0 Å². The Morgan fingerprint density at radius 3 is 2.60 bits per heavy atom. The fraction of sp³-hybridized carbons (Fsp3) is 0.800. The van der Waals surface area contributed by atoms with E-state index in [0.29, 0.717) is 6.61 Å². The molecule has 0 radical (unpaired) electrons. The van der Waals surface area contributed by atoms with E-state index in [9.17, 15) is 9.59 Å². The maximum atomic E-state index is 11.1. The molecule has 0 fully saturated rings. The quantitative estimate of drug-likeness (QED) is 0.447. The van der Waals surface area contributed by atoms with Crippen LogP contribution in [0.4, 0.5) is 0 Å². The maximum Gasteiger partial charge on any atom is 0.303 e. The summed E-state index contributed by atoms with van der Waals surface area (Å²) in [5.41, 5.74) is 2.60. The minimum atomic E-state index is -0.906. The van der Waals surface area contributed by atoms with Crippen LogP contribution in [0.1, 0.15) is 39.5 Å². The normalized spacial score (nSPS) is 12.4. The van der Waals surface area contributed by atoms with Crippen LogP contribution in [-0.4, -0.2) is 29.5 Å². The van der Waals surface area contributed by atoms with Crippen LogP contribution in [0.2, 0.25) is 0 Å². The molecule has 1 atom stereocenters. The molecular formula is C10H19NO4. The number of carbonyl (C=O) groups excluding carboxylic acids is 1. The lowest BCUT2D eigenvalue weighted by atomic mass is 10.1. The molecule has 0 aliphatic heterocycles. The smallest absolute Gasteiger partial charge is 0.303 e. The Kier molecular flexibility index (Phi) is 7.85. The third kappa shape index (κ3) is 8.08. The van der Waals surface area contributed by atoms with Gasteiger partial charge in [-0.25, -0.2) is 0 Å². The summed E-state index contributed by atoms with van der Waals surface area (Å²) in [7, 11) is 0. The van der Waals surface area contributed by atoms with Crippen molar-refractivity contribution in [3.8, 4) is 0 Å². The second-order valence-corrected chi connectivity index (χ2v) is 3.42. The molecular weight excluding hydrogens is 198 g/mol. The minimum Gasteiger partial charge on any atom is -0.481 e. The van der Waals surface area contributed by atoms with Crippen LogP contribution in [0, 0.1) is 0 Å². The maximum absolute atomic E-state index is 11.1. The molecule has 0 aliphatic rings. The average Bonchev–Trinajstić information content (AvgIpc) is 2.15. The topological polar surface area (TPSA) is 75.6 Å². The molecule has 15 heavy (non-hydrogen) atoms. The Labute approximate surface area is 89.8 Å². The Bertz CT molecular complexity index is 206. The minimum absolute atomic E-state index is 0.0333. The van der Waals surface area contributed by atoms with E-state index in [4.69, 9.17) is 9.94 Å². The van der Waals surface area contributed by atoms with Gasteiger partial charge in [-0.3, -0.25) is 9.59 Å². The fourth-order valence-corrected chi connectivity index (χ4v) is 0.989. The summed E-state index contributed by atoms with van der Waals surface area (Å²) in [4.78, 5) is 26.5. The van der Waals surface area contributed by atoms with Crippen molar-refractivity contribution >= 4 is 11.8 Å². The molecule has 0 unspecified atom stereocenters. The fourth-order valence-electron chi connectivity index (χ4n) is 0.989. The van der Waals surface area contributed by atoms with E-state index in [0.717, 1.165) is 12.8 Å². The van der Waals surface area contributed by atoms with Crippen LogP contribution in [0.5, 0.6) is 0 Å². The summed E-state index contributed by atoms with van der Waals surface area (Å²) in [6, 6.07) is -0.516. The zero-order valence-corrected chi connectivity index (χ0v) is 9.28. The zero-order chi connectivity index (χ0) is 11.7. The number of hydroxylamine groups is 1. The van der Waals surface area contributed by atoms with Gasteiger partial charge in [0, 0.05) is 6.42 Å². The predicted molar refractivity (Wildman–Crippen MR) is 55.3 cm³/mol. The summed E-state index contributed by atoms with van der Waals surface area (Å²) in [6.45, 7) is 3.99. The van der Waals surface area contributed by atoms with Crippen LogP contribution in [0.3, 0.4) is 0 Å². The molecule has 0 aromatic heterocycles. The number of carbonyl (C=O) groups is 2. The first-order valence-electron chi connectivity index (χ1n) is 5.17. The zero-order valence-electron chi connectivity index (χ0n) is 9.28. The van der Waals surface area contributed by atoms with E-state index < -0.39 is 12.0 Å². The van der Waals surface area contributed by atoms with Crippen molar-refractivity contribution in [3.63, 3.8) is 0 Å². The highest BCUT2D eigenvalue weighted by atomic mass is 16.6. The van der Waals surface area contributed by atoms with Crippen molar-refractivity contribution in [1.82, 2.24) is 5.48 Å². The van der Waals surface area contributed by atoms with Crippen LogP contribution in [0.25, 0.3) is 0 Å². The lowest BCUT2D eigenvalue weighted by Gasteiger charge is -2.14. The molecule has 0 aliphatic carbocycles. The van der Waals surface area contributed by atoms with Gasteiger partial charge in [-0.15, -0.1) is 0 Å². The highest BCUT2D eigenvalue weighted by Gasteiger charge is 2.15. The molecule has 0 rings (SSSR count). The van der Waals surface area contributed by atoms with Crippen LogP contribution < -0.4 is 5.48 Å². The highest BCUT2D eigenvalue weighted by molar-refractivity contribution is 5.81. The number of hydrogen-bond donors (Lipinski definition) is 2. The van der Waals surface area contributed by atoms with Gasteiger partial charge in [0.1, 0.15) is 5.78 Å². The number of nitrogens with one attached hydrogen (secondary N) is 1. The van der Waals surface area contributed by atoms with E-state index in [-0.39, 0.29) is 18.6 Å². The molecule has 0 amide bonds. The molecule has 0 aromatic rings. The van der Waals surface area contributed by atoms with Gasteiger partial charge >= 0.3 is 5.97 Å². The van der Waals surface area contributed by atoms with Gasteiger partial charge < -0.3 is 9.94 Å². The number of unbranched alkanes of at least 4 members (excludes halogenated alkanes) is 1. The monoisotopic (exact) mass is 217 g/mol. The van der Waals surface area contributed by atoms with Crippen LogP contribution in [-0.2, 0) is 14.4 Å². The SMILES string of the molecule is CCCCON[C@@H](CCC(=O)O)C(C)=O. The number of carboxylic acid groups (broad SMARTS) is 1.